The zero-order chi connectivity index (χ0) is 17.0. The average molecular weight is 311 g/mol. The van der Waals surface area contributed by atoms with E-state index < -0.39 is 17.9 Å². The van der Waals surface area contributed by atoms with Crippen LogP contribution in [0.2, 0.25) is 0 Å². The summed E-state index contributed by atoms with van der Waals surface area (Å²) in [6, 6.07) is 2.28. The molecule has 0 saturated carbocycles. The third kappa shape index (κ3) is 7.44. The summed E-state index contributed by atoms with van der Waals surface area (Å²) in [5, 5.41) is 9.38. The van der Waals surface area contributed by atoms with Gasteiger partial charge in [-0.15, -0.1) is 0 Å². The third-order valence-corrected chi connectivity index (χ3v) is 3.84. The van der Waals surface area contributed by atoms with Crippen LogP contribution in [0, 0.1) is 29.1 Å². The maximum Gasteiger partial charge on any atom is 0.309 e. The highest BCUT2D eigenvalue weighted by atomic mass is 16.5. The molecule has 0 aromatic carbocycles. The topological polar surface area (TPSA) is 76.4 Å². The predicted octanol–water partition coefficient (Wildman–Crippen LogP) is 3.48. The van der Waals surface area contributed by atoms with Crippen molar-refractivity contribution in [1.29, 1.82) is 5.26 Å². The molecule has 5 nitrogen and oxygen atoms in total. The minimum absolute atomic E-state index is 0.0280. The standard InChI is InChI=1S/C17H29NO4/c1-5-8-9-10-14(12-18)13(4)15(17(20)22-7-3)11-16(19)21-6-2/h13-15H,5-11H2,1-4H3. The highest BCUT2D eigenvalue weighted by Gasteiger charge is 2.34. The van der Waals surface area contributed by atoms with Crippen molar-refractivity contribution in [2.24, 2.45) is 17.8 Å². The van der Waals surface area contributed by atoms with E-state index in [0.29, 0.717) is 0 Å². The monoisotopic (exact) mass is 311 g/mol. The van der Waals surface area contributed by atoms with Gasteiger partial charge in [0.05, 0.1) is 31.6 Å². The lowest BCUT2D eigenvalue weighted by Crippen LogP contribution is -2.31. The molecule has 0 aromatic rings. The highest BCUT2D eigenvalue weighted by molar-refractivity contribution is 5.80. The van der Waals surface area contributed by atoms with E-state index in [1.165, 1.54) is 0 Å². The largest absolute Gasteiger partial charge is 0.466 e. The van der Waals surface area contributed by atoms with Crippen molar-refractivity contribution >= 4 is 11.9 Å². The zero-order valence-electron chi connectivity index (χ0n) is 14.3. The molecule has 0 aromatic heterocycles. The van der Waals surface area contributed by atoms with Crippen LogP contribution < -0.4 is 0 Å². The van der Waals surface area contributed by atoms with Crippen LogP contribution in [0.1, 0.15) is 59.8 Å². The van der Waals surface area contributed by atoms with Gasteiger partial charge in [-0.3, -0.25) is 9.59 Å². The van der Waals surface area contributed by atoms with Gasteiger partial charge in [0.25, 0.3) is 0 Å². The van der Waals surface area contributed by atoms with Crippen molar-refractivity contribution in [3.05, 3.63) is 0 Å². The molecular weight excluding hydrogens is 282 g/mol. The molecule has 0 saturated heterocycles. The Labute approximate surface area is 134 Å². The fourth-order valence-electron chi connectivity index (χ4n) is 2.47. The van der Waals surface area contributed by atoms with Crippen molar-refractivity contribution in [1.82, 2.24) is 0 Å². The Morgan fingerprint density at radius 1 is 1.09 bits per heavy atom. The van der Waals surface area contributed by atoms with Gasteiger partial charge in [-0.25, -0.2) is 0 Å². The van der Waals surface area contributed by atoms with Gasteiger partial charge in [0.1, 0.15) is 0 Å². The van der Waals surface area contributed by atoms with Gasteiger partial charge < -0.3 is 9.47 Å². The quantitative estimate of drug-likeness (QED) is 0.431. The van der Waals surface area contributed by atoms with Crippen LogP contribution in [0.25, 0.3) is 0 Å². The van der Waals surface area contributed by atoms with E-state index in [2.05, 4.69) is 13.0 Å². The number of carbonyl (C=O) groups excluding carboxylic acids is 2. The number of ether oxygens (including phenoxy) is 2. The normalized spacial score (nSPS) is 14.5. The van der Waals surface area contributed by atoms with Gasteiger partial charge in [0.15, 0.2) is 0 Å². The number of rotatable bonds is 11. The number of unbranched alkanes of at least 4 members (excludes halogenated alkanes) is 2. The SMILES string of the molecule is CCCCCC(C#N)C(C)C(CC(=O)OCC)C(=O)OCC. The molecule has 0 aliphatic rings. The lowest BCUT2D eigenvalue weighted by molar-refractivity contribution is -0.157. The Kier molecular flexibility index (Phi) is 11.2. The molecule has 126 valence electrons. The number of esters is 2. The second-order valence-electron chi connectivity index (χ2n) is 5.46. The van der Waals surface area contributed by atoms with Crippen molar-refractivity contribution in [3.8, 4) is 6.07 Å². The first-order valence-electron chi connectivity index (χ1n) is 8.23. The summed E-state index contributed by atoms with van der Waals surface area (Å²) < 4.78 is 10.0. The van der Waals surface area contributed by atoms with E-state index in [9.17, 15) is 14.9 Å². The molecular formula is C17H29NO4. The maximum absolute atomic E-state index is 12.1. The van der Waals surface area contributed by atoms with Crippen LogP contribution in [0.3, 0.4) is 0 Å². The average Bonchev–Trinajstić information content (AvgIpc) is 2.49. The van der Waals surface area contributed by atoms with Gasteiger partial charge in [-0.2, -0.15) is 5.26 Å². The molecule has 22 heavy (non-hydrogen) atoms. The van der Waals surface area contributed by atoms with Crippen LogP contribution in [-0.2, 0) is 19.1 Å². The van der Waals surface area contributed by atoms with Crippen LogP contribution in [0.15, 0.2) is 0 Å². The van der Waals surface area contributed by atoms with Gasteiger partial charge in [0.2, 0.25) is 0 Å². The smallest absolute Gasteiger partial charge is 0.309 e. The van der Waals surface area contributed by atoms with E-state index in [1.54, 1.807) is 13.8 Å². The van der Waals surface area contributed by atoms with E-state index in [0.717, 1.165) is 25.7 Å². The van der Waals surface area contributed by atoms with E-state index in [-0.39, 0.29) is 31.5 Å². The Morgan fingerprint density at radius 2 is 1.73 bits per heavy atom. The molecule has 0 heterocycles. The zero-order valence-corrected chi connectivity index (χ0v) is 14.3. The molecule has 0 bridgehead atoms. The summed E-state index contributed by atoms with van der Waals surface area (Å²) in [7, 11) is 0. The number of hydrogen-bond donors (Lipinski definition) is 0. The Morgan fingerprint density at radius 3 is 2.23 bits per heavy atom. The Hall–Kier alpha value is -1.57. The Balaban J connectivity index is 4.91. The number of carbonyl (C=O) groups is 2. The lowest BCUT2D eigenvalue weighted by Gasteiger charge is -2.25. The van der Waals surface area contributed by atoms with Gasteiger partial charge in [-0.05, 0) is 26.2 Å². The second kappa shape index (κ2) is 12.0. The fourth-order valence-corrected chi connectivity index (χ4v) is 2.47. The summed E-state index contributed by atoms with van der Waals surface area (Å²) >= 11 is 0. The highest BCUT2D eigenvalue weighted by Crippen LogP contribution is 2.29. The van der Waals surface area contributed by atoms with Gasteiger partial charge in [-0.1, -0.05) is 33.1 Å². The summed E-state index contributed by atoms with van der Waals surface area (Å²) in [4.78, 5) is 23.9. The maximum atomic E-state index is 12.1. The van der Waals surface area contributed by atoms with Crippen LogP contribution in [0.5, 0.6) is 0 Å². The second-order valence-corrected chi connectivity index (χ2v) is 5.46. The molecule has 0 amide bonds. The molecule has 0 spiro atoms. The molecule has 0 rings (SSSR count). The Bertz CT molecular complexity index is 375. The summed E-state index contributed by atoms with van der Waals surface area (Å²) in [6.07, 6.45) is 3.81. The molecule has 5 heteroatoms. The minimum atomic E-state index is -0.620. The van der Waals surface area contributed by atoms with Crippen molar-refractivity contribution in [2.75, 3.05) is 13.2 Å². The predicted molar refractivity (Wildman–Crippen MR) is 83.8 cm³/mol. The number of nitrogens with zero attached hydrogens (tertiary/aromatic N) is 1. The molecule has 0 N–H and O–H groups in total. The lowest BCUT2D eigenvalue weighted by atomic mass is 9.79. The first-order valence-corrected chi connectivity index (χ1v) is 8.23. The van der Waals surface area contributed by atoms with Crippen LogP contribution in [-0.4, -0.2) is 25.2 Å². The first kappa shape index (κ1) is 20.4. The number of hydrogen-bond acceptors (Lipinski definition) is 5. The first-order chi connectivity index (χ1) is 10.5. The fraction of sp³-hybridized carbons (Fsp3) is 0.824. The van der Waals surface area contributed by atoms with Crippen LogP contribution >= 0.6 is 0 Å². The molecule has 3 unspecified atom stereocenters. The molecule has 0 radical (unpaired) electrons. The van der Waals surface area contributed by atoms with E-state index in [1.807, 2.05) is 6.92 Å². The minimum Gasteiger partial charge on any atom is -0.466 e. The van der Waals surface area contributed by atoms with Gasteiger partial charge >= 0.3 is 11.9 Å². The summed E-state index contributed by atoms with van der Waals surface area (Å²) in [5.41, 5.74) is 0. The number of nitriles is 1. The summed E-state index contributed by atoms with van der Waals surface area (Å²) in [6.45, 7) is 7.95. The van der Waals surface area contributed by atoms with Crippen molar-refractivity contribution < 1.29 is 19.1 Å². The van der Waals surface area contributed by atoms with Crippen molar-refractivity contribution in [2.45, 2.75) is 59.8 Å². The van der Waals surface area contributed by atoms with E-state index >= 15 is 0 Å². The van der Waals surface area contributed by atoms with Gasteiger partial charge in [0, 0.05) is 5.92 Å². The molecule has 0 aliphatic heterocycles. The summed E-state index contributed by atoms with van der Waals surface area (Å²) in [5.74, 6) is -1.94. The molecule has 0 fully saturated rings. The van der Waals surface area contributed by atoms with E-state index in [4.69, 9.17) is 9.47 Å². The van der Waals surface area contributed by atoms with Crippen LogP contribution in [0.4, 0.5) is 0 Å². The molecule has 0 aliphatic carbocycles. The van der Waals surface area contributed by atoms with Crippen molar-refractivity contribution in [3.63, 3.8) is 0 Å². The molecule has 3 atom stereocenters. The third-order valence-electron chi connectivity index (χ3n) is 3.84.